The number of anilines is 3. The number of nitrogens with zero attached hydrogens (tertiary/aromatic N) is 5. The third kappa shape index (κ3) is 9.22. The molecule has 0 spiro atoms. The van der Waals surface area contributed by atoms with Crippen molar-refractivity contribution in [3.63, 3.8) is 0 Å². The van der Waals surface area contributed by atoms with Crippen LogP contribution in [-0.4, -0.2) is 64.9 Å². The van der Waals surface area contributed by atoms with Gasteiger partial charge in [0.1, 0.15) is 0 Å². The molecule has 0 radical (unpaired) electrons. The maximum absolute atomic E-state index is 14.7. The molecule has 0 amide bonds. The third-order valence-corrected chi connectivity index (χ3v) is 8.75. The summed E-state index contributed by atoms with van der Waals surface area (Å²) in [6.07, 6.45) is 0.494. The fourth-order valence-corrected chi connectivity index (χ4v) is 6.44. The van der Waals surface area contributed by atoms with Crippen LogP contribution in [0.2, 0.25) is 0 Å². The smallest absolute Gasteiger partial charge is 0.358 e. The van der Waals surface area contributed by atoms with Gasteiger partial charge in [0.05, 0.1) is 42.2 Å². The van der Waals surface area contributed by atoms with E-state index in [-0.39, 0.29) is 30.6 Å². The molecule has 244 valence electrons. The highest BCUT2D eigenvalue weighted by atomic mass is 32.1. The number of carbonyl (C=O) groups excluding carboxylic acids is 1. The van der Waals surface area contributed by atoms with Gasteiger partial charge in [-0.1, -0.05) is 42.2 Å². The lowest BCUT2D eigenvalue weighted by molar-refractivity contribution is 0.0519. The topological polar surface area (TPSA) is 114 Å². The van der Waals surface area contributed by atoms with Crippen LogP contribution in [0.1, 0.15) is 46.0 Å². The second kappa shape index (κ2) is 15.8. The van der Waals surface area contributed by atoms with Crippen molar-refractivity contribution in [2.45, 2.75) is 33.7 Å². The summed E-state index contributed by atoms with van der Waals surface area (Å²) in [4.78, 5) is 24.6. The minimum Gasteiger partial charge on any atom is -0.490 e. The molecule has 5 aromatic rings. The van der Waals surface area contributed by atoms with Gasteiger partial charge >= 0.3 is 5.97 Å². The second-order valence-electron chi connectivity index (χ2n) is 11.1. The van der Waals surface area contributed by atoms with Gasteiger partial charge in [0.2, 0.25) is 0 Å². The van der Waals surface area contributed by atoms with Crippen LogP contribution in [0.3, 0.4) is 0 Å². The van der Waals surface area contributed by atoms with Crippen LogP contribution in [0.25, 0.3) is 10.2 Å². The predicted molar refractivity (Wildman–Crippen MR) is 185 cm³/mol. The van der Waals surface area contributed by atoms with Gasteiger partial charge in [-0.15, -0.1) is 16.4 Å². The van der Waals surface area contributed by atoms with Crippen LogP contribution < -0.4 is 15.4 Å². The van der Waals surface area contributed by atoms with Gasteiger partial charge < -0.3 is 20.1 Å². The molecule has 0 saturated carbocycles. The van der Waals surface area contributed by atoms with Gasteiger partial charge in [-0.05, 0) is 82.2 Å². The largest absolute Gasteiger partial charge is 0.490 e. The van der Waals surface area contributed by atoms with Crippen molar-refractivity contribution in [1.29, 1.82) is 0 Å². The number of rotatable bonds is 13. The van der Waals surface area contributed by atoms with E-state index >= 15 is 0 Å². The first-order valence-electron chi connectivity index (χ1n) is 15.1. The number of hydrogen-bond donors (Lipinski definition) is 2. The number of thiazole rings is 2. The summed E-state index contributed by atoms with van der Waals surface area (Å²) in [6, 6.07) is 14.6. The predicted octanol–water partition coefficient (Wildman–Crippen LogP) is 6.69. The van der Waals surface area contributed by atoms with Crippen molar-refractivity contribution in [2.24, 2.45) is 5.92 Å². The quantitative estimate of drug-likeness (QED) is 0.103. The molecule has 0 aliphatic rings. The minimum atomic E-state index is -0.488. The zero-order chi connectivity index (χ0) is 33.3. The molecule has 10 nitrogen and oxygen atoms in total. The number of carbonyl (C=O) groups is 1. The average molecular weight is 674 g/mol. The van der Waals surface area contributed by atoms with E-state index in [1.165, 1.54) is 17.4 Å². The van der Waals surface area contributed by atoms with Crippen LogP contribution in [0.15, 0.2) is 48.5 Å². The fourth-order valence-electron chi connectivity index (χ4n) is 4.47. The molecule has 0 bridgehead atoms. The lowest BCUT2D eigenvalue weighted by atomic mass is 10.1. The Labute approximate surface area is 281 Å². The summed E-state index contributed by atoms with van der Waals surface area (Å²) in [5.41, 5.74) is 3.41. The number of ether oxygens (including phenoxy) is 2. The molecular formula is C34H36FN7O3S2. The van der Waals surface area contributed by atoms with Crippen molar-refractivity contribution in [3.05, 3.63) is 81.7 Å². The van der Waals surface area contributed by atoms with E-state index < -0.39 is 11.8 Å². The first-order valence-corrected chi connectivity index (χ1v) is 16.7. The first kappa shape index (κ1) is 33.7. The molecule has 47 heavy (non-hydrogen) atoms. The molecule has 0 saturated heterocycles. The van der Waals surface area contributed by atoms with Crippen molar-refractivity contribution in [3.8, 4) is 17.6 Å². The normalized spacial score (nSPS) is 11.6. The number of aromatic nitrogens is 4. The number of aryl methyl sites for hydroxylation is 1. The summed E-state index contributed by atoms with van der Waals surface area (Å²) in [7, 11) is 3.85. The maximum Gasteiger partial charge on any atom is 0.358 e. The van der Waals surface area contributed by atoms with Crippen LogP contribution in [0.5, 0.6) is 5.75 Å². The van der Waals surface area contributed by atoms with E-state index in [2.05, 4.69) is 42.6 Å². The van der Waals surface area contributed by atoms with Crippen molar-refractivity contribution >= 4 is 54.9 Å². The van der Waals surface area contributed by atoms with Gasteiger partial charge in [0, 0.05) is 10.4 Å². The molecule has 2 N–H and O–H groups in total. The van der Waals surface area contributed by atoms with Crippen LogP contribution >= 0.6 is 22.7 Å². The van der Waals surface area contributed by atoms with E-state index in [4.69, 9.17) is 9.47 Å². The summed E-state index contributed by atoms with van der Waals surface area (Å²) in [5, 5.41) is 16.6. The zero-order valence-corrected chi connectivity index (χ0v) is 28.5. The monoisotopic (exact) mass is 673 g/mol. The highest BCUT2D eigenvalue weighted by Crippen LogP contribution is 2.30. The zero-order valence-electron chi connectivity index (χ0n) is 26.9. The van der Waals surface area contributed by atoms with Gasteiger partial charge in [-0.3, -0.25) is 4.90 Å². The molecule has 1 atom stereocenters. The molecule has 0 aliphatic carbocycles. The molecule has 1 unspecified atom stereocenters. The Morgan fingerprint density at radius 1 is 1.09 bits per heavy atom. The molecule has 5 rings (SSSR count). The van der Waals surface area contributed by atoms with E-state index in [0.29, 0.717) is 41.7 Å². The molecule has 2 aromatic carbocycles. The number of esters is 1. The summed E-state index contributed by atoms with van der Waals surface area (Å²) < 4.78 is 26.8. The lowest BCUT2D eigenvalue weighted by Gasteiger charge is -2.13. The Kier molecular flexibility index (Phi) is 11.3. The van der Waals surface area contributed by atoms with E-state index in [1.54, 1.807) is 30.4 Å². The second-order valence-corrected chi connectivity index (χ2v) is 13.3. The Hall–Kier alpha value is -4.64. The molecule has 0 fully saturated rings. The van der Waals surface area contributed by atoms with Gasteiger partial charge in [-0.2, -0.15) is 5.10 Å². The first-order chi connectivity index (χ1) is 22.7. The van der Waals surface area contributed by atoms with Crippen LogP contribution in [0, 0.1) is 30.5 Å². The number of para-hydroxylation sites is 1. The molecule has 0 aliphatic heterocycles. The van der Waals surface area contributed by atoms with Gasteiger partial charge in [0.15, 0.2) is 33.3 Å². The van der Waals surface area contributed by atoms with Crippen LogP contribution in [-0.2, 0) is 17.7 Å². The summed E-state index contributed by atoms with van der Waals surface area (Å²) in [6.45, 7) is 7.12. The Morgan fingerprint density at radius 2 is 1.91 bits per heavy atom. The summed E-state index contributed by atoms with van der Waals surface area (Å²) in [5.74, 6) is 5.74. The van der Waals surface area contributed by atoms with E-state index in [0.717, 1.165) is 25.8 Å². The number of hydrogen-bond acceptors (Lipinski definition) is 12. The highest BCUT2D eigenvalue weighted by Gasteiger charge is 2.22. The standard InChI is InChI=1S/C34H36FN7O3S2/c1-6-44-32(43)30-29(16-21(2)20-45-27-14-13-23(18-25(27)35)10-9-15-42(4)5)47-33(38-30)36-19-24-17-22(3)31(41-40-24)39-34-37-26-11-7-8-12-28(26)46-34/h7-8,11-14,17-18,21H,6,15-16,19-20H2,1-5H3,(H,36,38)(H,37,39,41). The number of fused-ring (bicyclic) bond motifs is 1. The number of halogens is 1. The van der Waals surface area contributed by atoms with Crippen LogP contribution in [0.4, 0.5) is 20.5 Å². The minimum absolute atomic E-state index is 0.0422. The Balaban J connectivity index is 1.20. The average Bonchev–Trinajstić information content (AvgIpc) is 3.64. The highest BCUT2D eigenvalue weighted by molar-refractivity contribution is 7.22. The van der Waals surface area contributed by atoms with Crippen molar-refractivity contribution in [1.82, 2.24) is 25.1 Å². The van der Waals surface area contributed by atoms with Gasteiger partial charge in [-0.25, -0.2) is 19.2 Å². The van der Waals surface area contributed by atoms with E-state index in [9.17, 15) is 9.18 Å². The molecule has 13 heteroatoms. The molecule has 3 aromatic heterocycles. The third-order valence-electron chi connectivity index (χ3n) is 6.76. The maximum atomic E-state index is 14.7. The van der Waals surface area contributed by atoms with E-state index in [1.807, 2.05) is 63.2 Å². The Bertz CT molecular complexity index is 1880. The number of nitrogens with one attached hydrogen (secondary N) is 2. The van der Waals surface area contributed by atoms with Crippen molar-refractivity contribution < 1.29 is 18.7 Å². The summed E-state index contributed by atoms with van der Waals surface area (Å²) >= 11 is 2.92. The SMILES string of the molecule is CCOC(=O)c1nc(NCc2cc(C)c(Nc3nc4ccccc4s3)nn2)sc1CC(C)COc1ccc(C#CCN(C)C)cc1F. The van der Waals surface area contributed by atoms with Gasteiger partial charge in [0.25, 0.3) is 0 Å². The van der Waals surface area contributed by atoms with Crippen molar-refractivity contribution in [2.75, 3.05) is 44.5 Å². The molecular weight excluding hydrogens is 638 g/mol. The number of benzene rings is 2. The Morgan fingerprint density at radius 3 is 2.66 bits per heavy atom. The lowest BCUT2D eigenvalue weighted by Crippen LogP contribution is -2.14. The fraction of sp³-hybridized carbons (Fsp3) is 0.324. The molecule has 3 heterocycles.